The molecule has 0 aliphatic carbocycles. The fourth-order valence-electron chi connectivity index (χ4n) is 2.28. The molecule has 1 heterocycles. The highest BCUT2D eigenvalue weighted by molar-refractivity contribution is 14.1. The average Bonchev–Trinajstić information content (AvgIpc) is 2.57. The smallest absolute Gasteiger partial charge is 0.255 e. The maximum Gasteiger partial charge on any atom is 0.255 e. The van der Waals surface area contributed by atoms with Crippen molar-refractivity contribution in [2.24, 2.45) is 0 Å². The largest absolute Gasteiger partial charge is 0.493 e. The van der Waals surface area contributed by atoms with Crippen LogP contribution in [0.4, 0.5) is 5.69 Å². The van der Waals surface area contributed by atoms with Crippen LogP contribution >= 0.6 is 22.6 Å². The van der Waals surface area contributed by atoms with Crippen molar-refractivity contribution < 1.29 is 19.0 Å². The zero-order chi connectivity index (χ0) is 16.4. The van der Waals surface area contributed by atoms with Crippen LogP contribution < -0.4 is 19.5 Å². The van der Waals surface area contributed by atoms with E-state index in [1.165, 1.54) is 12.7 Å². The minimum absolute atomic E-state index is 0.222. The molecule has 0 saturated carbocycles. The van der Waals surface area contributed by atoms with Gasteiger partial charge < -0.3 is 19.5 Å². The predicted molar refractivity (Wildman–Crippen MR) is 95.8 cm³/mol. The van der Waals surface area contributed by atoms with Crippen LogP contribution in [0.3, 0.4) is 0 Å². The summed E-state index contributed by atoms with van der Waals surface area (Å²) in [6.45, 7) is 2.95. The molecule has 23 heavy (non-hydrogen) atoms. The number of fused-ring (bicyclic) bond motifs is 1. The Morgan fingerprint density at radius 1 is 1.22 bits per heavy atom. The van der Waals surface area contributed by atoms with Gasteiger partial charge in [0, 0.05) is 14.8 Å². The maximum absolute atomic E-state index is 12.5. The molecule has 1 N–H and O–H groups in total. The molecule has 5 nitrogen and oxygen atoms in total. The third-order valence-electron chi connectivity index (χ3n) is 3.52. The fraction of sp³-hybridized carbons (Fsp3) is 0.235. The lowest BCUT2D eigenvalue weighted by Gasteiger charge is -2.21. The summed E-state index contributed by atoms with van der Waals surface area (Å²) < 4.78 is 17.5. The van der Waals surface area contributed by atoms with E-state index in [2.05, 4.69) is 27.9 Å². The molecule has 2 aromatic carbocycles. The van der Waals surface area contributed by atoms with Gasteiger partial charge in [-0.1, -0.05) is 6.07 Å². The lowest BCUT2D eigenvalue weighted by atomic mass is 10.1. The molecular weight excluding hydrogens is 409 g/mol. The van der Waals surface area contributed by atoms with Crippen LogP contribution in [-0.2, 0) is 0 Å². The van der Waals surface area contributed by atoms with Crippen LogP contribution in [0, 0.1) is 10.5 Å². The first kappa shape index (κ1) is 15.9. The number of aryl methyl sites for hydroxylation is 1. The van der Waals surface area contributed by atoms with E-state index in [1.807, 2.05) is 25.1 Å². The predicted octanol–water partition coefficient (Wildman–Crippen LogP) is 3.63. The van der Waals surface area contributed by atoms with Crippen molar-refractivity contribution in [2.75, 3.05) is 25.6 Å². The monoisotopic (exact) mass is 425 g/mol. The molecule has 120 valence electrons. The van der Waals surface area contributed by atoms with Crippen molar-refractivity contribution in [2.45, 2.75) is 6.92 Å². The van der Waals surface area contributed by atoms with Gasteiger partial charge in [0.1, 0.15) is 13.2 Å². The molecule has 1 aliphatic rings. The first-order chi connectivity index (χ1) is 11.1. The molecule has 0 radical (unpaired) electrons. The SMILES string of the molecule is COc1cc(C(=O)Nc2ccc(C)c(I)c2)cc2c1OCCO2. The number of hydrogen-bond donors (Lipinski definition) is 1. The van der Waals surface area contributed by atoms with E-state index in [0.29, 0.717) is 36.0 Å². The van der Waals surface area contributed by atoms with E-state index in [0.717, 1.165) is 9.26 Å². The molecule has 1 aliphatic heterocycles. The second kappa shape index (κ2) is 6.66. The Morgan fingerprint density at radius 2 is 2.00 bits per heavy atom. The molecule has 6 heteroatoms. The number of methoxy groups -OCH3 is 1. The van der Waals surface area contributed by atoms with E-state index >= 15 is 0 Å². The molecule has 2 aromatic rings. The number of nitrogens with one attached hydrogen (secondary N) is 1. The summed E-state index contributed by atoms with van der Waals surface area (Å²) in [5.41, 5.74) is 2.38. The molecule has 0 spiro atoms. The van der Waals surface area contributed by atoms with Gasteiger partial charge in [0.05, 0.1) is 7.11 Å². The van der Waals surface area contributed by atoms with Gasteiger partial charge in [0.2, 0.25) is 5.75 Å². The first-order valence-electron chi connectivity index (χ1n) is 7.13. The van der Waals surface area contributed by atoms with Crippen LogP contribution in [0.1, 0.15) is 15.9 Å². The summed E-state index contributed by atoms with van der Waals surface area (Å²) in [7, 11) is 1.54. The van der Waals surface area contributed by atoms with Crippen LogP contribution in [0.5, 0.6) is 17.2 Å². The third-order valence-corrected chi connectivity index (χ3v) is 4.68. The summed E-state index contributed by atoms with van der Waals surface area (Å²) in [5.74, 6) is 1.34. The van der Waals surface area contributed by atoms with Crippen LogP contribution in [0.25, 0.3) is 0 Å². The van der Waals surface area contributed by atoms with Crippen molar-refractivity contribution in [3.05, 3.63) is 45.0 Å². The quantitative estimate of drug-likeness (QED) is 0.764. The zero-order valence-electron chi connectivity index (χ0n) is 12.8. The highest BCUT2D eigenvalue weighted by Crippen LogP contribution is 2.40. The molecule has 0 atom stereocenters. The second-order valence-corrected chi connectivity index (χ2v) is 6.28. The highest BCUT2D eigenvalue weighted by atomic mass is 127. The number of ether oxygens (including phenoxy) is 3. The number of anilines is 1. The van der Waals surface area contributed by atoms with Gasteiger partial charge in [-0.2, -0.15) is 0 Å². The Balaban J connectivity index is 1.88. The van der Waals surface area contributed by atoms with Crippen molar-refractivity contribution in [1.82, 2.24) is 0 Å². The Hall–Kier alpha value is -1.96. The third kappa shape index (κ3) is 3.36. The maximum atomic E-state index is 12.5. The molecule has 0 saturated heterocycles. The summed E-state index contributed by atoms with van der Waals surface area (Å²) in [6, 6.07) is 9.11. The van der Waals surface area contributed by atoms with Gasteiger partial charge in [-0.25, -0.2) is 0 Å². The van der Waals surface area contributed by atoms with E-state index < -0.39 is 0 Å². The topological polar surface area (TPSA) is 56.8 Å². The number of amides is 1. The number of carbonyl (C=O) groups is 1. The Labute approximate surface area is 148 Å². The van der Waals surface area contributed by atoms with Gasteiger partial charge >= 0.3 is 0 Å². The minimum atomic E-state index is -0.222. The fourth-order valence-corrected chi connectivity index (χ4v) is 2.79. The molecular formula is C17H16INO4. The van der Waals surface area contributed by atoms with Gasteiger partial charge in [-0.05, 0) is 59.3 Å². The van der Waals surface area contributed by atoms with E-state index in [1.54, 1.807) is 12.1 Å². The van der Waals surface area contributed by atoms with Gasteiger partial charge in [0.15, 0.2) is 11.5 Å². The molecule has 0 fully saturated rings. The molecule has 1 amide bonds. The molecule has 0 bridgehead atoms. The Morgan fingerprint density at radius 3 is 2.74 bits per heavy atom. The number of rotatable bonds is 3. The minimum Gasteiger partial charge on any atom is -0.493 e. The number of carbonyl (C=O) groups excluding carboxylic acids is 1. The molecule has 0 aromatic heterocycles. The van der Waals surface area contributed by atoms with Crippen LogP contribution in [0.15, 0.2) is 30.3 Å². The van der Waals surface area contributed by atoms with E-state index in [9.17, 15) is 4.79 Å². The number of benzene rings is 2. The molecule has 3 rings (SSSR count). The summed E-state index contributed by atoms with van der Waals surface area (Å²) >= 11 is 2.24. The van der Waals surface area contributed by atoms with Crippen molar-refractivity contribution in [3.8, 4) is 17.2 Å². The second-order valence-electron chi connectivity index (χ2n) is 5.12. The van der Waals surface area contributed by atoms with Crippen LogP contribution in [0.2, 0.25) is 0 Å². The van der Waals surface area contributed by atoms with Crippen molar-refractivity contribution >= 4 is 34.2 Å². The molecule has 0 unspecified atom stereocenters. The number of halogens is 1. The van der Waals surface area contributed by atoms with Crippen LogP contribution in [-0.4, -0.2) is 26.2 Å². The standard InChI is InChI=1S/C17H16INO4/c1-10-3-4-12(9-13(10)18)19-17(20)11-7-14(21-2)16-15(8-11)22-5-6-23-16/h3-4,7-9H,5-6H2,1-2H3,(H,19,20). The van der Waals surface area contributed by atoms with Gasteiger partial charge in [-0.15, -0.1) is 0 Å². The highest BCUT2D eigenvalue weighted by Gasteiger charge is 2.21. The lowest BCUT2D eigenvalue weighted by Crippen LogP contribution is -2.18. The lowest BCUT2D eigenvalue weighted by molar-refractivity contribution is 0.102. The summed E-state index contributed by atoms with van der Waals surface area (Å²) in [5, 5.41) is 2.89. The van der Waals surface area contributed by atoms with E-state index in [4.69, 9.17) is 14.2 Å². The summed E-state index contributed by atoms with van der Waals surface area (Å²) in [6.07, 6.45) is 0. The van der Waals surface area contributed by atoms with E-state index in [-0.39, 0.29) is 5.91 Å². The van der Waals surface area contributed by atoms with Crippen molar-refractivity contribution in [1.29, 1.82) is 0 Å². The summed E-state index contributed by atoms with van der Waals surface area (Å²) in [4.78, 5) is 12.5. The Kier molecular flexibility index (Phi) is 4.61. The van der Waals surface area contributed by atoms with Gasteiger partial charge in [0.25, 0.3) is 5.91 Å². The first-order valence-corrected chi connectivity index (χ1v) is 8.21. The van der Waals surface area contributed by atoms with Crippen molar-refractivity contribution in [3.63, 3.8) is 0 Å². The average molecular weight is 425 g/mol. The number of hydrogen-bond acceptors (Lipinski definition) is 4. The zero-order valence-corrected chi connectivity index (χ0v) is 15.0. The Bertz CT molecular complexity index is 743. The van der Waals surface area contributed by atoms with Gasteiger partial charge in [-0.3, -0.25) is 4.79 Å². The normalized spacial score (nSPS) is 12.7.